The number of nitrogens with two attached hydrogens (primary N) is 1. The summed E-state index contributed by atoms with van der Waals surface area (Å²) in [6, 6.07) is 7.84. The van der Waals surface area contributed by atoms with Crippen LogP contribution in [-0.4, -0.2) is 22.7 Å². The van der Waals surface area contributed by atoms with E-state index in [1.54, 1.807) is 6.20 Å². The molecule has 2 rings (SSSR count). The average Bonchev–Trinajstić information content (AvgIpc) is 2.37. The van der Waals surface area contributed by atoms with E-state index < -0.39 is 0 Å². The predicted molar refractivity (Wildman–Crippen MR) is 75.5 cm³/mol. The quantitative estimate of drug-likeness (QED) is 0.722. The third kappa shape index (κ3) is 2.54. The number of nitrogens with one attached hydrogen (secondary N) is 1. The van der Waals surface area contributed by atoms with Gasteiger partial charge in [0, 0.05) is 35.6 Å². The summed E-state index contributed by atoms with van der Waals surface area (Å²) in [5, 5.41) is 13.6. The van der Waals surface area contributed by atoms with E-state index in [1.165, 1.54) is 0 Å². The number of hydrogen-bond donors (Lipinski definition) is 3. The molecule has 0 amide bonds. The number of aliphatic hydroxyl groups is 1. The van der Waals surface area contributed by atoms with Crippen molar-refractivity contribution in [2.45, 2.75) is 19.9 Å². The second-order valence-corrected chi connectivity index (χ2v) is 4.73. The smallest absolute Gasteiger partial charge is 0.0743 e. The Morgan fingerprint density at radius 1 is 1.33 bits per heavy atom. The van der Waals surface area contributed by atoms with Crippen LogP contribution in [-0.2, 0) is 0 Å². The van der Waals surface area contributed by atoms with E-state index in [0.29, 0.717) is 5.69 Å². The molecule has 0 saturated heterocycles. The van der Waals surface area contributed by atoms with Crippen LogP contribution < -0.4 is 11.1 Å². The summed E-state index contributed by atoms with van der Waals surface area (Å²) in [6.45, 7) is 4.24. The van der Waals surface area contributed by atoms with Gasteiger partial charge in [-0.3, -0.25) is 4.98 Å². The first kappa shape index (κ1) is 12.6. The zero-order valence-corrected chi connectivity index (χ0v) is 10.7. The van der Waals surface area contributed by atoms with Crippen molar-refractivity contribution in [2.24, 2.45) is 5.92 Å². The lowest BCUT2D eigenvalue weighted by molar-refractivity contribution is 0.226. The first-order chi connectivity index (χ1) is 8.61. The van der Waals surface area contributed by atoms with Gasteiger partial charge in [0.05, 0.1) is 5.52 Å². The van der Waals surface area contributed by atoms with Crippen LogP contribution in [0.25, 0.3) is 10.9 Å². The first-order valence-corrected chi connectivity index (χ1v) is 6.13. The van der Waals surface area contributed by atoms with Crippen molar-refractivity contribution in [1.82, 2.24) is 4.98 Å². The van der Waals surface area contributed by atoms with E-state index in [0.717, 1.165) is 16.6 Å². The first-order valence-electron chi connectivity index (χ1n) is 6.13. The predicted octanol–water partition coefficient (Wildman–Crippen LogP) is 2.25. The number of nitrogen functional groups attached to an aromatic ring is 1. The number of aromatic nitrogens is 1. The van der Waals surface area contributed by atoms with Crippen LogP contribution in [0.5, 0.6) is 0 Å². The van der Waals surface area contributed by atoms with Gasteiger partial charge in [-0.15, -0.1) is 0 Å². The van der Waals surface area contributed by atoms with Crippen molar-refractivity contribution in [1.29, 1.82) is 0 Å². The Morgan fingerprint density at radius 3 is 2.83 bits per heavy atom. The molecule has 1 aromatic heterocycles. The molecule has 96 valence electrons. The lowest BCUT2D eigenvalue weighted by Gasteiger charge is -2.21. The van der Waals surface area contributed by atoms with Crippen molar-refractivity contribution in [3.63, 3.8) is 0 Å². The molecule has 0 radical (unpaired) electrons. The molecule has 0 fully saturated rings. The molecule has 2 atom stereocenters. The second kappa shape index (κ2) is 5.23. The fourth-order valence-electron chi connectivity index (χ4n) is 1.84. The van der Waals surface area contributed by atoms with Gasteiger partial charge >= 0.3 is 0 Å². The number of pyridine rings is 1. The van der Waals surface area contributed by atoms with Gasteiger partial charge in [-0.2, -0.15) is 0 Å². The summed E-state index contributed by atoms with van der Waals surface area (Å²) >= 11 is 0. The molecule has 1 heterocycles. The van der Waals surface area contributed by atoms with Gasteiger partial charge in [0.25, 0.3) is 0 Å². The summed E-state index contributed by atoms with van der Waals surface area (Å²) in [5.41, 5.74) is 8.36. The van der Waals surface area contributed by atoms with Crippen molar-refractivity contribution >= 4 is 22.3 Å². The normalized spacial score (nSPS) is 14.4. The van der Waals surface area contributed by atoms with Gasteiger partial charge in [-0.25, -0.2) is 0 Å². The Morgan fingerprint density at radius 2 is 2.11 bits per heavy atom. The molecule has 4 heteroatoms. The van der Waals surface area contributed by atoms with Gasteiger partial charge in [0.15, 0.2) is 0 Å². The molecular weight excluding hydrogens is 226 g/mol. The van der Waals surface area contributed by atoms with Crippen LogP contribution in [0.1, 0.15) is 13.8 Å². The van der Waals surface area contributed by atoms with E-state index >= 15 is 0 Å². The number of aliphatic hydroxyl groups excluding tert-OH is 1. The number of rotatable bonds is 4. The Balaban J connectivity index is 2.33. The van der Waals surface area contributed by atoms with Crippen molar-refractivity contribution in [3.05, 3.63) is 30.5 Å². The Bertz CT molecular complexity index is 542. The van der Waals surface area contributed by atoms with E-state index in [4.69, 9.17) is 10.8 Å². The molecule has 4 N–H and O–H groups in total. The molecule has 0 aliphatic carbocycles. The molecule has 2 unspecified atom stereocenters. The number of hydrogen-bond acceptors (Lipinski definition) is 4. The lowest BCUT2D eigenvalue weighted by atomic mass is 10.0. The highest BCUT2D eigenvalue weighted by atomic mass is 16.3. The minimum atomic E-state index is 0.171. The Kier molecular flexibility index (Phi) is 3.67. The summed E-state index contributed by atoms with van der Waals surface area (Å²) < 4.78 is 0. The summed E-state index contributed by atoms with van der Waals surface area (Å²) in [4.78, 5) is 4.31. The van der Waals surface area contributed by atoms with Crippen LogP contribution in [0.2, 0.25) is 0 Å². The van der Waals surface area contributed by atoms with Gasteiger partial charge in [0.2, 0.25) is 0 Å². The molecule has 4 nitrogen and oxygen atoms in total. The molecule has 0 saturated carbocycles. The molecule has 0 aliphatic rings. The largest absolute Gasteiger partial charge is 0.399 e. The fourth-order valence-corrected chi connectivity index (χ4v) is 1.84. The van der Waals surface area contributed by atoms with Crippen molar-refractivity contribution in [3.8, 4) is 0 Å². The molecule has 0 aliphatic heterocycles. The standard InChI is InChI=1S/C14H19N3O/c1-9(8-18)10(2)17-13-5-6-16-14-7-11(15)3-4-12(13)14/h3-7,9-10,18H,8,15H2,1-2H3,(H,16,17). The zero-order valence-electron chi connectivity index (χ0n) is 10.7. The van der Waals surface area contributed by atoms with E-state index in [1.807, 2.05) is 31.2 Å². The maximum atomic E-state index is 9.16. The van der Waals surface area contributed by atoms with Gasteiger partial charge in [-0.05, 0) is 37.1 Å². The summed E-state index contributed by atoms with van der Waals surface area (Å²) in [7, 11) is 0. The van der Waals surface area contributed by atoms with E-state index in [9.17, 15) is 0 Å². The van der Waals surface area contributed by atoms with E-state index in [-0.39, 0.29) is 18.6 Å². The minimum absolute atomic E-state index is 0.171. The maximum absolute atomic E-state index is 9.16. The molecule has 0 bridgehead atoms. The van der Waals surface area contributed by atoms with Crippen LogP contribution in [0, 0.1) is 5.92 Å². The summed E-state index contributed by atoms with van der Waals surface area (Å²) in [6.07, 6.45) is 1.76. The van der Waals surface area contributed by atoms with Crippen LogP contribution in [0.4, 0.5) is 11.4 Å². The monoisotopic (exact) mass is 245 g/mol. The maximum Gasteiger partial charge on any atom is 0.0743 e. The number of nitrogens with zero attached hydrogens (tertiary/aromatic N) is 1. The SMILES string of the molecule is CC(CO)C(C)Nc1ccnc2cc(N)ccc12. The van der Waals surface area contributed by atoms with Crippen molar-refractivity contribution < 1.29 is 5.11 Å². The number of fused-ring (bicyclic) bond motifs is 1. The Hall–Kier alpha value is -1.81. The van der Waals surface area contributed by atoms with Crippen LogP contribution in [0.15, 0.2) is 30.5 Å². The third-order valence-electron chi connectivity index (χ3n) is 3.29. The minimum Gasteiger partial charge on any atom is -0.399 e. The molecule has 0 spiro atoms. The highest BCUT2D eigenvalue weighted by Gasteiger charge is 2.12. The fraction of sp³-hybridized carbons (Fsp3) is 0.357. The van der Waals surface area contributed by atoms with Gasteiger partial charge < -0.3 is 16.2 Å². The lowest BCUT2D eigenvalue weighted by Crippen LogP contribution is -2.26. The topological polar surface area (TPSA) is 71.2 Å². The van der Waals surface area contributed by atoms with E-state index in [2.05, 4.69) is 17.2 Å². The number of anilines is 2. The zero-order chi connectivity index (χ0) is 13.1. The molecule has 2 aromatic rings. The van der Waals surface area contributed by atoms with Crippen LogP contribution in [0.3, 0.4) is 0 Å². The highest BCUT2D eigenvalue weighted by molar-refractivity contribution is 5.92. The average molecular weight is 245 g/mol. The van der Waals surface area contributed by atoms with Gasteiger partial charge in [0.1, 0.15) is 0 Å². The Labute approximate surface area is 107 Å². The third-order valence-corrected chi connectivity index (χ3v) is 3.29. The molecule has 18 heavy (non-hydrogen) atoms. The second-order valence-electron chi connectivity index (χ2n) is 4.73. The number of benzene rings is 1. The highest BCUT2D eigenvalue weighted by Crippen LogP contribution is 2.24. The van der Waals surface area contributed by atoms with Gasteiger partial charge in [-0.1, -0.05) is 6.92 Å². The summed E-state index contributed by atoms with van der Waals surface area (Å²) in [5.74, 6) is 0.196. The molecule has 1 aromatic carbocycles. The van der Waals surface area contributed by atoms with Crippen molar-refractivity contribution in [2.75, 3.05) is 17.7 Å². The molecular formula is C14H19N3O. The van der Waals surface area contributed by atoms with Crippen LogP contribution >= 0.6 is 0 Å².